The summed E-state index contributed by atoms with van der Waals surface area (Å²) in [5, 5.41) is 3.72. The highest BCUT2D eigenvalue weighted by molar-refractivity contribution is 5.00. The maximum absolute atomic E-state index is 6.51. The highest BCUT2D eigenvalue weighted by atomic mass is 15.1. The Kier molecular flexibility index (Phi) is 5.22. The third-order valence-electron chi connectivity index (χ3n) is 4.29. The van der Waals surface area contributed by atoms with Crippen molar-refractivity contribution < 1.29 is 0 Å². The summed E-state index contributed by atoms with van der Waals surface area (Å²) in [4.78, 5) is 0. The van der Waals surface area contributed by atoms with E-state index in [9.17, 15) is 0 Å². The van der Waals surface area contributed by atoms with Crippen LogP contribution < -0.4 is 16.8 Å². The molecule has 0 radical (unpaired) electrons. The van der Waals surface area contributed by atoms with Gasteiger partial charge in [-0.15, -0.1) is 0 Å². The topological polar surface area (TPSA) is 64.1 Å². The van der Waals surface area contributed by atoms with Crippen molar-refractivity contribution in [1.29, 1.82) is 0 Å². The second-order valence-corrected chi connectivity index (χ2v) is 7.55. The quantitative estimate of drug-likeness (QED) is 0.706. The summed E-state index contributed by atoms with van der Waals surface area (Å²) >= 11 is 0. The second-order valence-electron chi connectivity index (χ2n) is 7.55. The fourth-order valence-corrected chi connectivity index (χ4v) is 3.77. The summed E-state index contributed by atoms with van der Waals surface area (Å²) < 4.78 is 0. The Labute approximate surface area is 113 Å². The van der Waals surface area contributed by atoms with E-state index in [0.717, 1.165) is 19.4 Å². The van der Waals surface area contributed by atoms with Crippen LogP contribution in [0.5, 0.6) is 0 Å². The molecule has 1 fully saturated rings. The number of hydrogen-bond acceptors (Lipinski definition) is 3. The van der Waals surface area contributed by atoms with Crippen molar-refractivity contribution >= 4 is 0 Å². The molecule has 18 heavy (non-hydrogen) atoms. The van der Waals surface area contributed by atoms with E-state index in [4.69, 9.17) is 11.5 Å². The van der Waals surface area contributed by atoms with Gasteiger partial charge in [-0.05, 0) is 71.8 Å². The Morgan fingerprint density at radius 1 is 1.17 bits per heavy atom. The average Bonchev–Trinajstić information content (AvgIpc) is 2.20. The molecule has 0 aromatic heterocycles. The molecule has 0 spiro atoms. The number of hydrogen-bond donors (Lipinski definition) is 3. The zero-order chi connectivity index (χ0) is 14.0. The first kappa shape index (κ1) is 15.9. The largest absolute Gasteiger partial charge is 0.330 e. The van der Waals surface area contributed by atoms with E-state index >= 15 is 0 Å². The van der Waals surface area contributed by atoms with E-state index in [0.29, 0.717) is 17.9 Å². The molecule has 0 bridgehead atoms. The van der Waals surface area contributed by atoms with Crippen molar-refractivity contribution in [1.82, 2.24) is 5.32 Å². The molecule has 0 aliphatic carbocycles. The third-order valence-corrected chi connectivity index (χ3v) is 4.29. The standard InChI is InChI=1S/C15H33N3/c1-11(7-6-8-16)13(17)12-9-14(2,3)18-15(4,5)10-12/h11-13,18H,6-10,16-17H2,1-5H3. The molecule has 1 aliphatic rings. The highest BCUT2D eigenvalue weighted by Gasteiger charge is 2.40. The molecule has 2 atom stereocenters. The van der Waals surface area contributed by atoms with Crippen LogP contribution in [0.25, 0.3) is 0 Å². The Hall–Kier alpha value is -0.120. The summed E-state index contributed by atoms with van der Waals surface area (Å²) in [5.74, 6) is 1.19. The van der Waals surface area contributed by atoms with Gasteiger partial charge in [0.1, 0.15) is 0 Å². The number of nitrogens with two attached hydrogens (primary N) is 2. The molecule has 2 unspecified atom stereocenters. The van der Waals surface area contributed by atoms with Gasteiger partial charge in [0.05, 0.1) is 0 Å². The first-order valence-corrected chi connectivity index (χ1v) is 7.42. The predicted octanol–water partition coefficient (Wildman–Crippen LogP) is 2.25. The van der Waals surface area contributed by atoms with Crippen LogP contribution in [0.15, 0.2) is 0 Å². The second kappa shape index (κ2) is 5.89. The minimum atomic E-state index is 0.192. The molecular formula is C15H33N3. The van der Waals surface area contributed by atoms with E-state index in [1.807, 2.05) is 0 Å². The molecule has 5 N–H and O–H groups in total. The minimum absolute atomic E-state index is 0.192. The average molecular weight is 255 g/mol. The maximum Gasteiger partial charge on any atom is 0.0133 e. The van der Waals surface area contributed by atoms with Gasteiger partial charge in [-0.1, -0.05) is 6.92 Å². The lowest BCUT2D eigenvalue weighted by molar-refractivity contribution is 0.0990. The molecule has 0 saturated carbocycles. The molecule has 3 nitrogen and oxygen atoms in total. The monoisotopic (exact) mass is 255 g/mol. The molecule has 0 amide bonds. The van der Waals surface area contributed by atoms with Crippen LogP contribution in [0, 0.1) is 11.8 Å². The van der Waals surface area contributed by atoms with E-state index < -0.39 is 0 Å². The zero-order valence-corrected chi connectivity index (χ0v) is 12.9. The Balaban J connectivity index is 2.64. The van der Waals surface area contributed by atoms with Crippen LogP contribution in [-0.2, 0) is 0 Å². The Morgan fingerprint density at radius 3 is 2.11 bits per heavy atom. The van der Waals surface area contributed by atoms with Crippen LogP contribution in [0.1, 0.15) is 60.3 Å². The molecule has 1 aliphatic heterocycles. The van der Waals surface area contributed by atoms with Crippen LogP contribution in [-0.4, -0.2) is 23.7 Å². The minimum Gasteiger partial charge on any atom is -0.330 e. The summed E-state index contributed by atoms with van der Waals surface area (Å²) in [5.41, 5.74) is 12.5. The van der Waals surface area contributed by atoms with Crippen LogP contribution in [0.2, 0.25) is 0 Å². The van der Waals surface area contributed by atoms with E-state index in [-0.39, 0.29) is 11.1 Å². The van der Waals surface area contributed by atoms with Gasteiger partial charge in [0.2, 0.25) is 0 Å². The van der Waals surface area contributed by atoms with Crippen molar-refractivity contribution in [2.75, 3.05) is 6.54 Å². The van der Waals surface area contributed by atoms with Crippen molar-refractivity contribution in [3.8, 4) is 0 Å². The van der Waals surface area contributed by atoms with Crippen LogP contribution >= 0.6 is 0 Å². The lowest BCUT2D eigenvalue weighted by Gasteiger charge is -2.49. The lowest BCUT2D eigenvalue weighted by atomic mass is 9.70. The van der Waals surface area contributed by atoms with Crippen molar-refractivity contribution in [3.05, 3.63) is 0 Å². The smallest absolute Gasteiger partial charge is 0.0133 e. The fraction of sp³-hybridized carbons (Fsp3) is 1.00. The maximum atomic E-state index is 6.51. The van der Waals surface area contributed by atoms with Gasteiger partial charge in [-0.2, -0.15) is 0 Å². The summed E-state index contributed by atoms with van der Waals surface area (Å²) in [6.45, 7) is 12.2. The van der Waals surface area contributed by atoms with Crippen LogP contribution in [0.4, 0.5) is 0 Å². The zero-order valence-electron chi connectivity index (χ0n) is 12.9. The van der Waals surface area contributed by atoms with Gasteiger partial charge < -0.3 is 16.8 Å². The van der Waals surface area contributed by atoms with Crippen molar-refractivity contribution in [2.24, 2.45) is 23.3 Å². The predicted molar refractivity (Wildman–Crippen MR) is 79.4 cm³/mol. The Morgan fingerprint density at radius 2 is 1.67 bits per heavy atom. The van der Waals surface area contributed by atoms with E-state index in [1.54, 1.807) is 0 Å². The highest BCUT2D eigenvalue weighted by Crippen LogP contribution is 2.36. The van der Waals surface area contributed by atoms with Crippen molar-refractivity contribution in [3.63, 3.8) is 0 Å². The normalized spacial score (nSPS) is 26.8. The summed E-state index contributed by atoms with van der Waals surface area (Å²) in [6.07, 6.45) is 4.59. The lowest BCUT2D eigenvalue weighted by Crippen LogP contribution is -2.60. The molecule has 0 aromatic carbocycles. The van der Waals surface area contributed by atoms with Crippen molar-refractivity contribution in [2.45, 2.75) is 77.4 Å². The number of piperidine rings is 1. The molecule has 1 heterocycles. The molecule has 1 rings (SSSR count). The van der Waals surface area contributed by atoms with Gasteiger partial charge in [-0.3, -0.25) is 0 Å². The summed E-state index contributed by atoms with van der Waals surface area (Å²) in [7, 11) is 0. The first-order chi connectivity index (χ1) is 8.17. The SMILES string of the molecule is CC(CCCN)C(N)C1CC(C)(C)NC(C)(C)C1. The Bertz CT molecular complexity index is 244. The molecule has 108 valence electrons. The molecule has 3 heteroatoms. The third kappa shape index (κ3) is 4.52. The number of nitrogens with one attached hydrogen (secondary N) is 1. The van der Waals surface area contributed by atoms with Gasteiger partial charge in [0, 0.05) is 17.1 Å². The van der Waals surface area contributed by atoms with Gasteiger partial charge >= 0.3 is 0 Å². The van der Waals surface area contributed by atoms with E-state index in [1.165, 1.54) is 12.8 Å². The van der Waals surface area contributed by atoms with Gasteiger partial charge in [0.15, 0.2) is 0 Å². The molecular weight excluding hydrogens is 222 g/mol. The van der Waals surface area contributed by atoms with Gasteiger partial charge in [0.25, 0.3) is 0 Å². The fourth-order valence-electron chi connectivity index (χ4n) is 3.77. The van der Waals surface area contributed by atoms with Crippen LogP contribution in [0.3, 0.4) is 0 Å². The molecule has 1 saturated heterocycles. The first-order valence-electron chi connectivity index (χ1n) is 7.42. The van der Waals surface area contributed by atoms with Gasteiger partial charge in [-0.25, -0.2) is 0 Å². The number of rotatable bonds is 5. The van der Waals surface area contributed by atoms with E-state index in [2.05, 4.69) is 39.9 Å². The molecule has 0 aromatic rings. The summed E-state index contributed by atoms with van der Waals surface area (Å²) in [6, 6.07) is 0.303.